The van der Waals surface area contributed by atoms with E-state index in [9.17, 15) is 0 Å². The van der Waals surface area contributed by atoms with Crippen LogP contribution in [0.2, 0.25) is 5.28 Å². The van der Waals surface area contributed by atoms with Gasteiger partial charge in [-0.05, 0) is 23.7 Å². The van der Waals surface area contributed by atoms with Crippen LogP contribution in [0.25, 0.3) is 11.4 Å². The Morgan fingerprint density at radius 2 is 2.13 bits per heavy atom. The van der Waals surface area contributed by atoms with Crippen LogP contribution in [-0.2, 0) is 0 Å². The third-order valence-electron chi connectivity index (χ3n) is 1.79. The van der Waals surface area contributed by atoms with Crippen molar-refractivity contribution in [3.8, 4) is 17.5 Å². The average Bonchev–Trinajstić information content (AvgIpc) is 2.29. The number of hydrogen-bond acceptors (Lipinski definition) is 4. The van der Waals surface area contributed by atoms with E-state index in [0.717, 1.165) is 5.56 Å². The lowest BCUT2D eigenvalue weighted by Crippen LogP contribution is -1.91. The molecule has 0 unspecified atom stereocenters. The second kappa shape index (κ2) is 4.03. The monoisotopic (exact) mass is 216 g/mol. The van der Waals surface area contributed by atoms with E-state index in [0.29, 0.717) is 11.4 Å². The summed E-state index contributed by atoms with van der Waals surface area (Å²) in [5.74, 6) is 0.465. The maximum Gasteiger partial charge on any atom is 0.225 e. The highest BCUT2D eigenvalue weighted by molar-refractivity contribution is 6.28. The van der Waals surface area contributed by atoms with Gasteiger partial charge < -0.3 is 0 Å². The minimum Gasteiger partial charge on any atom is -0.216 e. The van der Waals surface area contributed by atoms with E-state index in [1.165, 1.54) is 6.33 Å². The third kappa shape index (κ3) is 2.09. The maximum absolute atomic E-state index is 8.73. The van der Waals surface area contributed by atoms with Gasteiger partial charge in [0.25, 0.3) is 0 Å². The van der Waals surface area contributed by atoms with Gasteiger partial charge in [0.1, 0.15) is 6.33 Å². The van der Waals surface area contributed by atoms with E-state index < -0.39 is 0 Å². The zero-order valence-electron chi connectivity index (χ0n) is 7.55. The van der Waals surface area contributed by atoms with Gasteiger partial charge in [-0.2, -0.15) is 10.2 Å². The molecule has 0 radical (unpaired) electrons. The number of nitrogens with zero attached hydrogens (tertiary/aromatic N) is 4. The van der Waals surface area contributed by atoms with Crippen molar-refractivity contribution < 1.29 is 0 Å². The number of hydrogen-bond donors (Lipinski definition) is 0. The predicted molar refractivity (Wildman–Crippen MR) is 55.0 cm³/mol. The summed E-state index contributed by atoms with van der Waals surface area (Å²) in [6, 6.07) is 9.04. The molecule has 0 atom stereocenters. The molecule has 0 saturated carbocycles. The van der Waals surface area contributed by atoms with Gasteiger partial charge in [-0.1, -0.05) is 12.1 Å². The SMILES string of the molecule is N#Cc1cccc(-c2ncnc(Cl)n2)c1. The summed E-state index contributed by atoms with van der Waals surface area (Å²) in [4.78, 5) is 11.6. The van der Waals surface area contributed by atoms with E-state index in [1.807, 2.05) is 12.1 Å². The number of aromatic nitrogens is 3. The highest BCUT2D eigenvalue weighted by Gasteiger charge is 2.02. The first-order valence-corrected chi connectivity index (χ1v) is 4.52. The smallest absolute Gasteiger partial charge is 0.216 e. The molecule has 72 valence electrons. The van der Waals surface area contributed by atoms with Crippen molar-refractivity contribution in [3.63, 3.8) is 0 Å². The van der Waals surface area contributed by atoms with Crippen molar-refractivity contribution in [1.82, 2.24) is 15.0 Å². The Bertz CT molecular complexity index is 533. The molecule has 5 heteroatoms. The van der Waals surface area contributed by atoms with Gasteiger partial charge >= 0.3 is 0 Å². The molecular weight excluding hydrogens is 212 g/mol. The second-order valence-electron chi connectivity index (χ2n) is 2.77. The van der Waals surface area contributed by atoms with Crippen molar-refractivity contribution in [2.45, 2.75) is 0 Å². The second-order valence-corrected chi connectivity index (χ2v) is 3.11. The molecule has 0 bridgehead atoms. The van der Waals surface area contributed by atoms with Gasteiger partial charge in [-0.3, -0.25) is 0 Å². The first-order chi connectivity index (χ1) is 7.29. The molecule has 2 rings (SSSR count). The first kappa shape index (κ1) is 9.56. The van der Waals surface area contributed by atoms with Crippen LogP contribution in [0.4, 0.5) is 0 Å². The van der Waals surface area contributed by atoms with Gasteiger partial charge in [-0.25, -0.2) is 9.97 Å². The van der Waals surface area contributed by atoms with Crippen molar-refractivity contribution in [1.29, 1.82) is 5.26 Å². The summed E-state index contributed by atoms with van der Waals surface area (Å²) in [6.45, 7) is 0. The van der Waals surface area contributed by atoms with E-state index >= 15 is 0 Å². The Kier molecular flexibility index (Phi) is 2.57. The lowest BCUT2D eigenvalue weighted by atomic mass is 10.1. The molecule has 1 aromatic carbocycles. The van der Waals surface area contributed by atoms with Crippen LogP contribution < -0.4 is 0 Å². The Balaban J connectivity index is 2.50. The number of nitriles is 1. The summed E-state index contributed by atoms with van der Waals surface area (Å²) in [7, 11) is 0. The topological polar surface area (TPSA) is 62.5 Å². The molecule has 0 spiro atoms. The Labute approximate surface area is 91.2 Å². The Morgan fingerprint density at radius 1 is 1.27 bits per heavy atom. The molecule has 1 heterocycles. The molecule has 15 heavy (non-hydrogen) atoms. The minimum atomic E-state index is 0.141. The zero-order chi connectivity index (χ0) is 10.7. The quantitative estimate of drug-likeness (QED) is 0.732. The van der Waals surface area contributed by atoms with Crippen LogP contribution in [0.5, 0.6) is 0 Å². The minimum absolute atomic E-state index is 0.141. The van der Waals surface area contributed by atoms with Crippen molar-refractivity contribution in [3.05, 3.63) is 41.4 Å². The fourth-order valence-corrected chi connectivity index (χ4v) is 1.27. The summed E-state index contributed by atoms with van der Waals surface area (Å²) < 4.78 is 0. The van der Waals surface area contributed by atoms with Crippen molar-refractivity contribution >= 4 is 11.6 Å². The van der Waals surface area contributed by atoms with Crippen LogP contribution in [-0.4, -0.2) is 15.0 Å². The molecule has 4 nitrogen and oxygen atoms in total. The van der Waals surface area contributed by atoms with E-state index in [4.69, 9.17) is 16.9 Å². The Hall–Kier alpha value is -1.99. The molecule has 1 aromatic heterocycles. The largest absolute Gasteiger partial charge is 0.225 e. The number of rotatable bonds is 1. The highest BCUT2D eigenvalue weighted by atomic mass is 35.5. The fraction of sp³-hybridized carbons (Fsp3) is 0. The molecule has 0 aliphatic rings. The molecule has 0 amide bonds. The lowest BCUT2D eigenvalue weighted by Gasteiger charge is -1.99. The molecule has 0 saturated heterocycles. The maximum atomic E-state index is 8.73. The van der Waals surface area contributed by atoms with Gasteiger partial charge in [0.2, 0.25) is 5.28 Å². The molecule has 0 N–H and O–H groups in total. The van der Waals surface area contributed by atoms with E-state index in [-0.39, 0.29) is 5.28 Å². The van der Waals surface area contributed by atoms with Crippen LogP contribution in [0.3, 0.4) is 0 Å². The molecule has 2 aromatic rings. The zero-order valence-corrected chi connectivity index (χ0v) is 8.31. The average molecular weight is 217 g/mol. The molecule has 0 aliphatic carbocycles. The summed E-state index contributed by atoms with van der Waals surface area (Å²) in [5, 5.41) is 8.88. The normalized spacial score (nSPS) is 9.60. The van der Waals surface area contributed by atoms with Crippen LogP contribution in [0, 0.1) is 11.3 Å². The fourth-order valence-electron chi connectivity index (χ4n) is 1.14. The molecule has 0 aliphatic heterocycles. The summed E-state index contributed by atoms with van der Waals surface area (Å²) in [6.07, 6.45) is 1.34. The lowest BCUT2D eigenvalue weighted by molar-refractivity contribution is 1.06. The standard InChI is InChI=1S/C10H5ClN4/c11-10-14-6-13-9(15-10)8-3-1-2-7(4-8)5-12/h1-4,6H. The molecular formula is C10H5ClN4. The summed E-state index contributed by atoms with van der Waals surface area (Å²) in [5.41, 5.74) is 1.31. The van der Waals surface area contributed by atoms with E-state index in [2.05, 4.69) is 15.0 Å². The predicted octanol–water partition coefficient (Wildman–Crippen LogP) is 2.06. The van der Waals surface area contributed by atoms with Crippen molar-refractivity contribution in [2.75, 3.05) is 0 Å². The van der Waals surface area contributed by atoms with Gasteiger partial charge in [-0.15, -0.1) is 0 Å². The highest BCUT2D eigenvalue weighted by Crippen LogP contribution is 2.16. The van der Waals surface area contributed by atoms with Crippen LogP contribution in [0.1, 0.15) is 5.56 Å². The van der Waals surface area contributed by atoms with Crippen LogP contribution >= 0.6 is 11.6 Å². The van der Waals surface area contributed by atoms with Gasteiger partial charge in [0.15, 0.2) is 5.82 Å². The number of halogens is 1. The number of benzene rings is 1. The summed E-state index contributed by atoms with van der Waals surface area (Å²) >= 11 is 5.64. The first-order valence-electron chi connectivity index (χ1n) is 4.14. The van der Waals surface area contributed by atoms with E-state index in [1.54, 1.807) is 18.2 Å². The van der Waals surface area contributed by atoms with Gasteiger partial charge in [0.05, 0.1) is 11.6 Å². The van der Waals surface area contributed by atoms with Crippen LogP contribution in [0.15, 0.2) is 30.6 Å². The third-order valence-corrected chi connectivity index (χ3v) is 1.97. The van der Waals surface area contributed by atoms with Crippen molar-refractivity contribution in [2.24, 2.45) is 0 Å². The Morgan fingerprint density at radius 3 is 2.87 bits per heavy atom. The van der Waals surface area contributed by atoms with Gasteiger partial charge in [0, 0.05) is 5.56 Å². The molecule has 0 fully saturated rings.